The number of nitrogens with two attached hydrogens (primary N) is 1. The topological polar surface area (TPSA) is 63.4 Å². The van der Waals surface area contributed by atoms with Crippen molar-refractivity contribution in [2.24, 2.45) is 0 Å². The number of sulfonamides is 1. The second-order valence-corrected chi connectivity index (χ2v) is 7.39. The van der Waals surface area contributed by atoms with Gasteiger partial charge in [0.2, 0.25) is 0 Å². The van der Waals surface area contributed by atoms with Crippen LogP contribution in [0.5, 0.6) is 0 Å². The summed E-state index contributed by atoms with van der Waals surface area (Å²) in [4.78, 5) is 0.243. The number of rotatable bonds is 4. The summed E-state index contributed by atoms with van der Waals surface area (Å²) in [6, 6.07) is 23.3. The fourth-order valence-electron chi connectivity index (χ4n) is 2.50. The Balaban J connectivity index is 1.94. The normalized spacial score (nSPS) is 11.2. The molecule has 0 saturated heterocycles. The van der Waals surface area contributed by atoms with Crippen LogP contribution in [0.3, 0.4) is 0 Å². The van der Waals surface area contributed by atoms with Gasteiger partial charge in [-0.15, -0.1) is 0 Å². The lowest BCUT2D eigenvalue weighted by atomic mass is 10.0. The van der Waals surface area contributed by atoms with Crippen LogP contribution in [0.25, 0.3) is 11.1 Å². The zero-order valence-electron chi connectivity index (χ0n) is 13.3. The molecule has 0 radical (unpaired) electrons. The van der Waals surface area contributed by atoms with Crippen molar-refractivity contribution in [1.82, 2.24) is 0 Å². The first-order chi connectivity index (χ1) is 11.5. The number of nitrogens with zero attached hydrogens (tertiary/aromatic N) is 1. The van der Waals surface area contributed by atoms with E-state index >= 15 is 0 Å². The van der Waals surface area contributed by atoms with E-state index in [-0.39, 0.29) is 4.90 Å². The molecule has 122 valence electrons. The summed E-state index contributed by atoms with van der Waals surface area (Å²) in [5, 5.41) is 0. The molecule has 2 N–H and O–H groups in total. The van der Waals surface area contributed by atoms with Crippen molar-refractivity contribution in [2.45, 2.75) is 4.90 Å². The molecule has 0 aliphatic carbocycles. The van der Waals surface area contributed by atoms with Crippen LogP contribution in [0, 0.1) is 0 Å². The minimum atomic E-state index is -3.60. The Bertz CT molecular complexity index is 937. The smallest absolute Gasteiger partial charge is 0.264 e. The fourth-order valence-corrected chi connectivity index (χ4v) is 3.70. The molecule has 0 heterocycles. The van der Waals surface area contributed by atoms with Crippen LogP contribution >= 0.6 is 0 Å². The van der Waals surface area contributed by atoms with Gasteiger partial charge in [-0.1, -0.05) is 48.5 Å². The predicted octanol–water partition coefficient (Wildman–Crippen LogP) is 3.76. The van der Waals surface area contributed by atoms with Gasteiger partial charge in [0.25, 0.3) is 10.0 Å². The molecule has 0 aliphatic rings. The Kier molecular flexibility index (Phi) is 4.27. The van der Waals surface area contributed by atoms with E-state index in [2.05, 4.69) is 0 Å². The molecule has 3 aromatic rings. The molecule has 24 heavy (non-hydrogen) atoms. The van der Waals surface area contributed by atoms with Crippen molar-refractivity contribution in [3.05, 3.63) is 78.9 Å². The average Bonchev–Trinajstić information content (AvgIpc) is 2.62. The van der Waals surface area contributed by atoms with Crippen LogP contribution in [-0.4, -0.2) is 15.5 Å². The predicted molar refractivity (Wildman–Crippen MR) is 98.3 cm³/mol. The lowest BCUT2D eigenvalue weighted by Crippen LogP contribution is -2.26. The molecule has 3 rings (SSSR count). The molecule has 4 nitrogen and oxygen atoms in total. The molecule has 0 spiro atoms. The van der Waals surface area contributed by atoms with E-state index < -0.39 is 10.0 Å². The van der Waals surface area contributed by atoms with Gasteiger partial charge in [-0.05, 0) is 35.9 Å². The van der Waals surface area contributed by atoms with E-state index in [0.717, 1.165) is 11.1 Å². The van der Waals surface area contributed by atoms with Gasteiger partial charge < -0.3 is 5.73 Å². The first-order valence-electron chi connectivity index (χ1n) is 7.49. The largest absolute Gasteiger partial charge is 0.398 e. The summed E-state index contributed by atoms with van der Waals surface area (Å²) in [5.74, 6) is 0. The third-order valence-electron chi connectivity index (χ3n) is 3.90. The maximum absolute atomic E-state index is 12.7. The van der Waals surface area contributed by atoms with Crippen LogP contribution < -0.4 is 10.0 Å². The molecule has 0 unspecified atom stereocenters. The monoisotopic (exact) mass is 338 g/mol. The Morgan fingerprint density at radius 3 is 2.00 bits per heavy atom. The van der Waals surface area contributed by atoms with Gasteiger partial charge in [0.1, 0.15) is 0 Å². The zero-order valence-corrected chi connectivity index (χ0v) is 14.1. The zero-order chi connectivity index (χ0) is 17.2. The SMILES string of the molecule is CN(c1ccccc1)S(=O)(=O)c1ccc(-c2ccccc2N)cc1. The fraction of sp³-hybridized carbons (Fsp3) is 0.0526. The van der Waals surface area contributed by atoms with Gasteiger partial charge in [0.15, 0.2) is 0 Å². The summed E-state index contributed by atoms with van der Waals surface area (Å²) in [5.41, 5.74) is 9.03. The highest BCUT2D eigenvalue weighted by molar-refractivity contribution is 7.92. The summed E-state index contributed by atoms with van der Waals surface area (Å²) >= 11 is 0. The van der Waals surface area contributed by atoms with E-state index in [1.165, 1.54) is 4.31 Å². The lowest BCUT2D eigenvalue weighted by molar-refractivity contribution is 0.594. The van der Waals surface area contributed by atoms with Gasteiger partial charge in [0.05, 0.1) is 10.6 Å². The Hall–Kier alpha value is -2.79. The number of benzene rings is 3. The number of nitrogen functional groups attached to an aromatic ring is 1. The van der Waals surface area contributed by atoms with Gasteiger partial charge in [-0.2, -0.15) is 0 Å². The van der Waals surface area contributed by atoms with Crippen LogP contribution in [0.1, 0.15) is 0 Å². The summed E-state index contributed by atoms with van der Waals surface area (Å²) in [6.45, 7) is 0. The Morgan fingerprint density at radius 2 is 1.38 bits per heavy atom. The Morgan fingerprint density at radius 1 is 0.792 bits per heavy atom. The third-order valence-corrected chi connectivity index (χ3v) is 5.70. The Labute approximate surface area is 142 Å². The molecule has 0 fully saturated rings. The van der Waals surface area contributed by atoms with Crippen molar-refractivity contribution in [3.8, 4) is 11.1 Å². The average molecular weight is 338 g/mol. The minimum absolute atomic E-state index is 0.243. The van der Waals surface area contributed by atoms with Gasteiger partial charge in [-0.3, -0.25) is 4.31 Å². The van der Waals surface area contributed by atoms with Crippen molar-refractivity contribution < 1.29 is 8.42 Å². The maximum Gasteiger partial charge on any atom is 0.264 e. The van der Waals surface area contributed by atoms with Crippen molar-refractivity contribution in [3.63, 3.8) is 0 Å². The van der Waals surface area contributed by atoms with E-state index in [9.17, 15) is 8.42 Å². The summed E-state index contributed by atoms with van der Waals surface area (Å²) in [6.07, 6.45) is 0. The molecule has 0 saturated carbocycles. The first kappa shape index (κ1) is 16.1. The molecule has 0 aromatic heterocycles. The summed E-state index contributed by atoms with van der Waals surface area (Å²) < 4.78 is 26.8. The number of para-hydroxylation sites is 2. The van der Waals surface area contributed by atoms with Crippen LogP contribution in [0.2, 0.25) is 0 Å². The van der Waals surface area contributed by atoms with Gasteiger partial charge >= 0.3 is 0 Å². The molecule has 5 heteroatoms. The van der Waals surface area contributed by atoms with Crippen LogP contribution in [0.4, 0.5) is 11.4 Å². The molecule has 0 atom stereocenters. The van der Waals surface area contributed by atoms with Crippen molar-refractivity contribution in [1.29, 1.82) is 0 Å². The summed E-state index contributed by atoms with van der Waals surface area (Å²) in [7, 11) is -2.05. The van der Waals surface area contributed by atoms with Crippen molar-refractivity contribution in [2.75, 3.05) is 17.1 Å². The van der Waals surface area contributed by atoms with E-state index in [1.54, 1.807) is 43.4 Å². The minimum Gasteiger partial charge on any atom is -0.398 e. The number of anilines is 2. The van der Waals surface area contributed by atoms with E-state index in [1.807, 2.05) is 42.5 Å². The molecule has 0 amide bonds. The second-order valence-electron chi connectivity index (χ2n) is 5.42. The molecular formula is C19H18N2O2S. The highest BCUT2D eigenvalue weighted by Gasteiger charge is 2.21. The molecule has 0 bridgehead atoms. The number of hydrogen-bond acceptors (Lipinski definition) is 3. The molecular weight excluding hydrogens is 320 g/mol. The lowest BCUT2D eigenvalue weighted by Gasteiger charge is -2.19. The third kappa shape index (κ3) is 2.98. The first-order valence-corrected chi connectivity index (χ1v) is 8.93. The van der Waals surface area contributed by atoms with Gasteiger partial charge in [-0.25, -0.2) is 8.42 Å². The van der Waals surface area contributed by atoms with E-state index in [0.29, 0.717) is 11.4 Å². The second kappa shape index (κ2) is 6.37. The van der Waals surface area contributed by atoms with E-state index in [4.69, 9.17) is 5.73 Å². The standard InChI is InChI=1S/C19H18N2O2S/c1-21(16-7-3-2-4-8-16)24(22,23)17-13-11-15(12-14-17)18-9-5-6-10-19(18)20/h2-14H,20H2,1H3. The van der Waals surface area contributed by atoms with Gasteiger partial charge in [0, 0.05) is 18.3 Å². The highest BCUT2D eigenvalue weighted by atomic mass is 32.2. The molecule has 3 aromatic carbocycles. The van der Waals surface area contributed by atoms with Crippen molar-refractivity contribution >= 4 is 21.4 Å². The van der Waals surface area contributed by atoms with Crippen LogP contribution in [0.15, 0.2) is 83.8 Å². The molecule has 0 aliphatic heterocycles. The number of hydrogen-bond donors (Lipinski definition) is 1. The maximum atomic E-state index is 12.7. The van der Waals surface area contributed by atoms with Crippen LogP contribution in [-0.2, 0) is 10.0 Å². The quantitative estimate of drug-likeness (QED) is 0.737. The highest BCUT2D eigenvalue weighted by Crippen LogP contribution is 2.28.